The maximum Gasteiger partial charge on any atom is 0.338 e. The first-order valence-corrected chi connectivity index (χ1v) is 8.20. The highest BCUT2D eigenvalue weighted by Crippen LogP contribution is 2.29. The van der Waals surface area contributed by atoms with Crippen molar-refractivity contribution >= 4 is 17.3 Å². The summed E-state index contributed by atoms with van der Waals surface area (Å²) in [7, 11) is 0. The lowest BCUT2D eigenvalue weighted by atomic mass is 10.1. The number of nitrogens with zero attached hydrogens (tertiary/aromatic N) is 3. The molecule has 0 radical (unpaired) electrons. The molecule has 1 aromatic carbocycles. The predicted molar refractivity (Wildman–Crippen MR) is 90.0 cm³/mol. The molecule has 118 valence electrons. The lowest BCUT2D eigenvalue weighted by molar-refractivity contribution is 0.0697. The molecule has 0 saturated carbocycles. The van der Waals surface area contributed by atoms with Crippen LogP contribution in [0.4, 0.5) is 0 Å². The van der Waals surface area contributed by atoms with Gasteiger partial charge in [-0.2, -0.15) is 5.10 Å². The van der Waals surface area contributed by atoms with Gasteiger partial charge in [0.1, 0.15) is 5.01 Å². The van der Waals surface area contributed by atoms with Crippen molar-refractivity contribution in [1.82, 2.24) is 14.8 Å². The number of aromatic nitrogens is 3. The Morgan fingerprint density at radius 1 is 1.39 bits per heavy atom. The van der Waals surface area contributed by atoms with Crippen molar-refractivity contribution in [2.75, 3.05) is 0 Å². The second kappa shape index (κ2) is 6.34. The Labute approximate surface area is 138 Å². The van der Waals surface area contributed by atoms with Crippen LogP contribution in [-0.2, 0) is 13.0 Å². The Morgan fingerprint density at radius 2 is 2.22 bits per heavy atom. The first-order valence-electron chi connectivity index (χ1n) is 7.38. The standard InChI is InChI=1S/C17H17N3O2S/c1-3-15-14(10-20-9-13(8-18-20)17(21)22)19-16(23-15)12-6-4-5-11(2)7-12/h4-9H,3,10H2,1-2H3,(H,21,22). The Hall–Kier alpha value is -2.47. The van der Waals surface area contributed by atoms with Gasteiger partial charge in [-0.3, -0.25) is 4.68 Å². The predicted octanol–water partition coefficient (Wildman–Crippen LogP) is 3.62. The molecule has 2 heterocycles. The summed E-state index contributed by atoms with van der Waals surface area (Å²) in [6, 6.07) is 8.28. The summed E-state index contributed by atoms with van der Waals surface area (Å²) in [4.78, 5) is 16.9. The third-order valence-corrected chi connectivity index (χ3v) is 4.85. The summed E-state index contributed by atoms with van der Waals surface area (Å²) >= 11 is 1.69. The second-order valence-electron chi connectivity index (χ2n) is 5.34. The summed E-state index contributed by atoms with van der Waals surface area (Å²) in [5, 5.41) is 14.1. The van der Waals surface area contributed by atoms with E-state index in [0.29, 0.717) is 6.54 Å². The molecule has 0 spiro atoms. The molecular formula is C17H17N3O2S. The fraction of sp³-hybridized carbons (Fsp3) is 0.235. The molecule has 0 atom stereocenters. The van der Waals surface area contributed by atoms with E-state index < -0.39 is 5.97 Å². The minimum atomic E-state index is -0.967. The number of hydrogen-bond acceptors (Lipinski definition) is 4. The number of thiazole rings is 1. The van der Waals surface area contributed by atoms with Crippen molar-refractivity contribution in [3.63, 3.8) is 0 Å². The first-order chi connectivity index (χ1) is 11.1. The molecule has 23 heavy (non-hydrogen) atoms. The van der Waals surface area contributed by atoms with Crippen molar-refractivity contribution in [2.24, 2.45) is 0 Å². The third-order valence-electron chi connectivity index (χ3n) is 3.56. The molecular weight excluding hydrogens is 310 g/mol. The third kappa shape index (κ3) is 3.32. The number of hydrogen-bond donors (Lipinski definition) is 1. The molecule has 3 rings (SSSR count). The van der Waals surface area contributed by atoms with Crippen LogP contribution < -0.4 is 0 Å². The Balaban J connectivity index is 1.91. The van der Waals surface area contributed by atoms with Crippen LogP contribution in [0.1, 0.15) is 33.4 Å². The summed E-state index contributed by atoms with van der Waals surface area (Å²) < 4.78 is 1.62. The van der Waals surface area contributed by atoms with Gasteiger partial charge in [0.2, 0.25) is 0 Å². The summed E-state index contributed by atoms with van der Waals surface area (Å²) in [6.07, 6.45) is 3.79. The van der Waals surface area contributed by atoms with Crippen LogP contribution in [0.5, 0.6) is 0 Å². The van der Waals surface area contributed by atoms with E-state index in [4.69, 9.17) is 10.1 Å². The Kier molecular flexibility index (Phi) is 4.25. The Morgan fingerprint density at radius 3 is 2.87 bits per heavy atom. The molecule has 5 nitrogen and oxygen atoms in total. The average Bonchev–Trinajstić information content (AvgIpc) is 3.14. The fourth-order valence-corrected chi connectivity index (χ4v) is 3.40. The van der Waals surface area contributed by atoms with E-state index in [1.807, 2.05) is 6.07 Å². The minimum absolute atomic E-state index is 0.192. The van der Waals surface area contributed by atoms with Crippen LogP contribution in [0.15, 0.2) is 36.7 Å². The van der Waals surface area contributed by atoms with Crippen molar-refractivity contribution in [3.8, 4) is 10.6 Å². The molecule has 1 N–H and O–H groups in total. The molecule has 2 aromatic heterocycles. The van der Waals surface area contributed by atoms with Crippen molar-refractivity contribution in [2.45, 2.75) is 26.8 Å². The molecule has 0 bridgehead atoms. The first kappa shape index (κ1) is 15.4. The van der Waals surface area contributed by atoms with Crippen LogP contribution >= 0.6 is 11.3 Å². The zero-order valence-electron chi connectivity index (χ0n) is 13.0. The molecule has 0 aliphatic rings. The molecule has 3 aromatic rings. The quantitative estimate of drug-likeness (QED) is 0.777. The van der Waals surface area contributed by atoms with Gasteiger partial charge in [0.05, 0.1) is 24.0 Å². The number of benzene rings is 1. The van der Waals surface area contributed by atoms with E-state index in [1.54, 1.807) is 16.0 Å². The SMILES string of the molecule is CCc1sc(-c2cccc(C)c2)nc1Cn1cc(C(=O)O)cn1. The number of rotatable bonds is 5. The zero-order chi connectivity index (χ0) is 16.4. The fourth-order valence-electron chi connectivity index (χ4n) is 2.40. The highest BCUT2D eigenvalue weighted by molar-refractivity contribution is 7.15. The van der Waals surface area contributed by atoms with E-state index in [0.717, 1.165) is 22.7 Å². The topological polar surface area (TPSA) is 68.0 Å². The van der Waals surface area contributed by atoms with Gasteiger partial charge in [0.15, 0.2) is 0 Å². The highest BCUT2D eigenvalue weighted by atomic mass is 32.1. The lowest BCUT2D eigenvalue weighted by Gasteiger charge is -2.00. The van der Waals surface area contributed by atoms with Crippen molar-refractivity contribution in [1.29, 1.82) is 0 Å². The molecule has 0 aliphatic heterocycles. The van der Waals surface area contributed by atoms with Crippen molar-refractivity contribution < 1.29 is 9.90 Å². The molecule has 0 amide bonds. The van der Waals surface area contributed by atoms with E-state index >= 15 is 0 Å². The van der Waals surface area contributed by atoms with Crippen molar-refractivity contribution in [3.05, 3.63) is 58.4 Å². The van der Waals surface area contributed by atoms with Crippen LogP contribution in [-0.4, -0.2) is 25.8 Å². The maximum absolute atomic E-state index is 10.9. The van der Waals surface area contributed by atoms with Gasteiger partial charge in [-0.1, -0.05) is 30.7 Å². The number of carbonyl (C=O) groups is 1. The van der Waals surface area contributed by atoms with Gasteiger partial charge in [-0.05, 0) is 19.4 Å². The van der Waals surface area contributed by atoms with Crippen LogP contribution in [0, 0.1) is 6.92 Å². The lowest BCUT2D eigenvalue weighted by Crippen LogP contribution is -2.03. The number of carboxylic acids is 1. The van der Waals surface area contributed by atoms with E-state index in [1.165, 1.54) is 22.8 Å². The minimum Gasteiger partial charge on any atom is -0.478 e. The largest absolute Gasteiger partial charge is 0.478 e. The average molecular weight is 327 g/mol. The van der Waals surface area contributed by atoms with Gasteiger partial charge in [-0.25, -0.2) is 9.78 Å². The van der Waals surface area contributed by atoms with Crippen LogP contribution in [0.3, 0.4) is 0 Å². The number of aryl methyl sites for hydroxylation is 2. The van der Waals surface area contributed by atoms with E-state index in [-0.39, 0.29) is 5.56 Å². The van der Waals surface area contributed by atoms with Gasteiger partial charge in [-0.15, -0.1) is 11.3 Å². The summed E-state index contributed by atoms with van der Waals surface area (Å²) in [5.41, 5.74) is 3.46. The van der Waals surface area contributed by atoms with Crippen LogP contribution in [0.2, 0.25) is 0 Å². The second-order valence-corrected chi connectivity index (χ2v) is 6.43. The number of aromatic carboxylic acids is 1. The molecule has 0 aliphatic carbocycles. The van der Waals surface area contributed by atoms with E-state index in [2.05, 4.69) is 37.1 Å². The van der Waals surface area contributed by atoms with Crippen LogP contribution in [0.25, 0.3) is 10.6 Å². The summed E-state index contributed by atoms with van der Waals surface area (Å²) in [5.74, 6) is -0.967. The van der Waals surface area contributed by atoms with Gasteiger partial charge in [0, 0.05) is 16.6 Å². The van der Waals surface area contributed by atoms with Gasteiger partial charge in [0.25, 0.3) is 0 Å². The van der Waals surface area contributed by atoms with Gasteiger partial charge >= 0.3 is 5.97 Å². The molecule has 0 unspecified atom stereocenters. The number of carboxylic acid groups (broad SMARTS) is 1. The maximum atomic E-state index is 10.9. The smallest absolute Gasteiger partial charge is 0.338 e. The summed E-state index contributed by atoms with van der Waals surface area (Å²) in [6.45, 7) is 4.65. The molecule has 0 saturated heterocycles. The van der Waals surface area contributed by atoms with E-state index in [9.17, 15) is 4.79 Å². The highest BCUT2D eigenvalue weighted by Gasteiger charge is 2.13. The molecule has 6 heteroatoms. The molecule has 0 fully saturated rings. The normalized spacial score (nSPS) is 10.9. The van der Waals surface area contributed by atoms with Gasteiger partial charge < -0.3 is 5.11 Å². The zero-order valence-corrected chi connectivity index (χ0v) is 13.8. The monoisotopic (exact) mass is 327 g/mol. The Bertz CT molecular complexity index is 851.